The Kier molecular flexibility index (Phi) is 5.28. The van der Waals surface area contributed by atoms with Gasteiger partial charge in [0.2, 0.25) is 9.05 Å². The van der Waals surface area contributed by atoms with E-state index < -0.39 is 9.05 Å². The maximum Gasteiger partial charge on any atom is 0.236 e. The minimum Gasteiger partial charge on any atom is -0.494 e. The molecule has 0 saturated heterocycles. The zero-order valence-electron chi connectivity index (χ0n) is 10.0. The molecule has 1 rings (SSSR count). The highest BCUT2D eigenvalue weighted by Crippen LogP contribution is 2.16. The van der Waals surface area contributed by atoms with E-state index in [2.05, 4.69) is 13.8 Å². The van der Waals surface area contributed by atoms with Crippen LogP contribution in [0.3, 0.4) is 0 Å². The van der Waals surface area contributed by atoms with Gasteiger partial charge in [0.25, 0.3) is 0 Å². The van der Waals surface area contributed by atoms with Gasteiger partial charge in [-0.1, -0.05) is 26.0 Å². The van der Waals surface area contributed by atoms with Crippen LogP contribution in [0.4, 0.5) is 0 Å². The van der Waals surface area contributed by atoms with E-state index in [0.29, 0.717) is 18.1 Å². The molecule has 0 atom stereocenters. The first-order chi connectivity index (χ1) is 7.87. The quantitative estimate of drug-likeness (QED) is 0.750. The van der Waals surface area contributed by atoms with Gasteiger partial charge in [0.15, 0.2) is 0 Å². The lowest BCUT2D eigenvalue weighted by molar-refractivity contribution is 0.289. The summed E-state index contributed by atoms with van der Waals surface area (Å²) >= 11 is 0. The largest absolute Gasteiger partial charge is 0.494 e. The second-order valence-electron chi connectivity index (χ2n) is 4.36. The molecule has 96 valence electrons. The number of halogens is 1. The molecule has 0 aromatic heterocycles. The molecule has 0 radical (unpaired) electrons. The van der Waals surface area contributed by atoms with E-state index in [0.717, 1.165) is 12.2 Å². The van der Waals surface area contributed by atoms with Crippen LogP contribution in [0, 0.1) is 5.92 Å². The van der Waals surface area contributed by atoms with E-state index in [1.807, 2.05) is 0 Å². The molecule has 3 nitrogen and oxygen atoms in total. The van der Waals surface area contributed by atoms with E-state index in [1.165, 1.54) is 0 Å². The zero-order chi connectivity index (χ0) is 12.9. The van der Waals surface area contributed by atoms with Crippen molar-refractivity contribution in [1.29, 1.82) is 0 Å². The van der Waals surface area contributed by atoms with Gasteiger partial charge >= 0.3 is 0 Å². The fourth-order valence-corrected chi connectivity index (χ4v) is 2.26. The molecular formula is C12H17ClO3S. The molecule has 1 aromatic carbocycles. The van der Waals surface area contributed by atoms with Gasteiger partial charge in [0.1, 0.15) is 5.75 Å². The van der Waals surface area contributed by atoms with Gasteiger partial charge < -0.3 is 4.74 Å². The average molecular weight is 277 g/mol. The van der Waals surface area contributed by atoms with Crippen LogP contribution in [0.25, 0.3) is 0 Å². The average Bonchev–Trinajstić information content (AvgIpc) is 2.18. The van der Waals surface area contributed by atoms with Crippen LogP contribution in [0.1, 0.15) is 25.8 Å². The molecule has 5 heteroatoms. The lowest BCUT2D eigenvalue weighted by Crippen LogP contribution is -2.01. The van der Waals surface area contributed by atoms with Crippen molar-refractivity contribution in [1.82, 2.24) is 0 Å². The second-order valence-corrected chi connectivity index (χ2v) is 7.14. The van der Waals surface area contributed by atoms with Crippen molar-refractivity contribution in [2.24, 2.45) is 5.92 Å². The summed E-state index contributed by atoms with van der Waals surface area (Å²) in [7, 11) is 1.68. The molecular weight excluding hydrogens is 260 g/mol. The lowest BCUT2D eigenvalue weighted by atomic mass is 10.1. The monoisotopic (exact) mass is 276 g/mol. The van der Waals surface area contributed by atoms with E-state index in [4.69, 9.17) is 15.4 Å². The Morgan fingerprint density at radius 3 is 2.29 bits per heavy atom. The summed E-state index contributed by atoms with van der Waals surface area (Å²) in [4.78, 5) is 0. The molecule has 0 heterocycles. The summed E-state index contributed by atoms with van der Waals surface area (Å²) in [5.41, 5.74) is 0.663. The maximum atomic E-state index is 10.9. The third-order valence-electron chi connectivity index (χ3n) is 2.23. The number of hydrogen-bond donors (Lipinski definition) is 0. The Morgan fingerprint density at radius 1 is 1.24 bits per heavy atom. The molecule has 0 bridgehead atoms. The van der Waals surface area contributed by atoms with Crippen molar-refractivity contribution in [3.63, 3.8) is 0 Å². The molecule has 17 heavy (non-hydrogen) atoms. The summed E-state index contributed by atoms with van der Waals surface area (Å²) < 4.78 is 27.3. The summed E-state index contributed by atoms with van der Waals surface area (Å²) in [6, 6.07) is 6.95. The Balaban J connectivity index is 2.50. The molecule has 0 spiro atoms. The van der Waals surface area contributed by atoms with Crippen LogP contribution in [0.2, 0.25) is 0 Å². The highest BCUT2D eigenvalue weighted by molar-refractivity contribution is 8.13. The second kappa shape index (κ2) is 6.26. The number of ether oxygens (including phenoxy) is 1. The van der Waals surface area contributed by atoms with Crippen molar-refractivity contribution < 1.29 is 13.2 Å². The first-order valence-corrected chi connectivity index (χ1v) is 7.99. The molecule has 0 aliphatic rings. The van der Waals surface area contributed by atoms with Crippen LogP contribution in [-0.2, 0) is 14.8 Å². The smallest absolute Gasteiger partial charge is 0.236 e. The van der Waals surface area contributed by atoms with E-state index in [-0.39, 0.29) is 5.75 Å². The van der Waals surface area contributed by atoms with Crippen LogP contribution in [-0.4, -0.2) is 15.0 Å². The molecule has 0 aliphatic carbocycles. The number of hydrogen-bond acceptors (Lipinski definition) is 3. The molecule has 0 saturated carbocycles. The van der Waals surface area contributed by atoms with Crippen LogP contribution >= 0.6 is 10.7 Å². The van der Waals surface area contributed by atoms with Gasteiger partial charge in [-0.25, -0.2) is 8.42 Å². The summed E-state index contributed by atoms with van der Waals surface area (Å²) in [5, 5.41) is 0. The third-order valence-corrected chi connectivity index (χ3v) is 3.23. The Hall–Kier alpha value is -0.740. The standard InChI is InChI=1S/C12H17ClO3S/c1-10(2)7-8-16-12-5-3-11(4-6-12)9-17(13,14)15/h3-6,10H,7-9H2,1-2H3. The molecule has 0 aliphatic heterocycles. The normalized spacial score (nSPS) is 11.8. The van der Waals surface area contributed by atoms with Crippen molar-refractivity contribution in [2.45, 2.75) is 26.0 Å². The Labute approximate surface area is 107 Å². The van der Waals surface area contributed by atoms with Gasteiger partial charge in [0, 0.05) is 10.7 Å². The van der Waals surface area contributed by atoms with Gasteiger partial charge in [-0.05, 0) is 30.0 Å². The SMILES string of the molecule is CC(C)CCOc1ccc(CS(=O)(=O)Cl)cc1. The molecule has 1 aromatic rings. The zero-order valence-corrected chi connectivity index (χ0v) is 11.6. The van der Waals surface area contributed by atoms with Crippen molar-refractivity contribution >= 4 is 19.7 Å². The number of rotatable bonds is 6. The predicted molar refractivity (Wildman–Crippen MR) is 69.9 cm³/mol. The Morgan fingerprint density at radius 2 is 1.82 bits per heavy atom. The van der Waals surface area contributed by atoms with Gasteiger partial charge in [0.05, 0.1) is 12.4 Å². The fourth-order valence-electron chi connectivity index (χ4n) is 1.29. The number of benzene rings is 1. The topological polar surface area (TPSA) is 43.4 Å². The first-order valence-electron chi connectivity index (χ1n) is 5.51. The van der Waals surface area contributed by atoms with Crippen molar-refractivity contribution in [3.05, 3.63) is 29.8 Å². The van der Waals surface area contributed by atoms with Crippen molar-refractivity contribution in [2.75, 3.05) is 6.61 Å². The van der Waals surface area contributed by atoms with E-state index >= 15 is 0 Å². The molecule has 0 amide bonds. The maximum absolute atomic E-state index is 10.9. The molecule has 0 unspecified atom stereocenters. The summed E-state index contributed by atoms with van der Waals surface area (Å²) in [5.74, 6) is 1.21. The molecule has 0 fully saturated rings. The Bertz CT molecular complexity index is 437. The van der Waals surface area contributed by atoms with Gasteiger partial charge in [-0.3, -0.25) is 0 Å². The van der Waals surface area contributed by atoms with Gasteiger partial charge in [-0.15, -0.1) is 0 Å². The van der Waals surface area contributed by atoms with Crippen LogP contribution in [0.15, 0.2) is 24.3 Å². The highest BCUT2D eigenvalue weighted by atomic mass is 35.7. The minimum atomic E-state index is -3.49. The van der Waals surface area contributed by atoms with Crippen molar-refractivity contribution in [3.8, 4) is 5.75 Å². The lowest BCUT2D eigenvalue weighted by Gasteiger charge is -2.08. The van der Waals surface area contributed by atoms with E-state index in [1.54, 1.807) is 24.3 Å². The minimum absolute atomic E-state index is 0.152. The van der Waals surface area contributed by atoms with E-state index in [9.17, 15) is 8.42 Å². The van der Waals surface area contributed by atoms with Gasteiger partial charge in [-0.2, -0.15) is 0 Å². The third kappa shape index (κ3) is 6.54. The van der Waals surface area contributed by atoms with Crippen LogP contribution < -0.4 is 4.74 Å². The predicted octanol–water partition coefficient (Wildman–Crippen LogP) is 3.18. The highest BCUT2D eigenvalue weighted by Gasteiger charge is 2.06. The van der Waals surface area contributed by atoms with Crippen LogP contribution in [0.5, 0.6) is 5.75 Å². The summed E-state index contributed by atoms with van der Waals surface area (Å²) in [6.45, 7) is 4.94. The molecule has 0 N–H and O–H groups in total. The first kappa shape index (κ1) is 14.3. The fraction of sp³-hybridized carbons (Fsp3) is 0.500. The summed E-state index contributed by atoms with van der Waals surface area (Å²) in [6.07, 6.45) is 0.998.